The van der Waals surface area contributed by atoms with Gasteiger partial charge in [-0.2, -0.15) is 0 Å². The lowest BCUT2D eigenvalue weighted by atomic mass is 10.0. The van der Waals surface area contributed by atoms with E-state index in [9.17, 15) is 0 Å². The van der Waals surface area contributed by atoms with Gasteiger partial charge in [0.1, 0.15) is 5.76 Å². The number of furan rings is 1. The summed E-state index contributed by atoms with van der Waals surface area (Å²) in [6.45, 7) is 0. The van der Waals surface area contributed by atoms with Crippen molar-refractivity contribution in [3.8, 4) is 0 Å². The molecule has 2 aromatic heterocycles. The van der Waals surface area contributed by atoms with Gasteiger partial charge in [0.05, 0.1) is 6.04 Å². The topological polar surface area (TPSA) is 25.2 Å². The molecule has 3 rings (SSSR count). The summed E-state index contributed by atoms with van der Waals surface area (Å²) in [5.74, 6) is 0.963. The molecular formula is C15H14BrNOS. The Hall–Kier alpha value is -1.10. The zero-order valence-electron chi connectivity index (χ0n) is 10.5. The molecule has 0 spiro atoms. The van der Waals surface area contributed by atoms with Crippen LogP contribution in [-0.4, -0.2) is 7.05 Å². The van der Waals surface area contributed by atoms with Gasteiger partial charge in [0.15, 0.2) is 4.67 Å². The summed E-state index contributed by atoms with van der Waals surface area (Å²) in [6.07, 6.45) is 0.931. The average Bonchev–Trinajstić information content (AvgIpc) is 3.03. The second-order valence-corrected chi connectivity index (χ2v) is 6.14. The van der Waals surface area contributed by atoms with Crippen LogP contribution >= 0.6 is 27.3 Å². The minimum atomic E-state index is 0.198. The minimum Gasteiger partial charge on any atom is -0.453 e. The van der Waals surface area contributed by atoms with Crippen molar-refractivity contribution in [2.24, 2.45) is 0 Å². The predicted molar refractivity (Wildman–Crippen MR) is 83.7 cm³/mol. The molecule has 0 saturated carbocycles. The Kier molecular flexibility index (Phi) is 3.73. The highest BCUT2D eigenvalue weighted by molar-refractivity contribution is 9.10. The van der Waals surface area contributed by atoms with Crippen molar-refractivity contribution in [2.45, 2.75) is 12.5 Å². The zero-order chi connectivity index (χ0) is 13.2. The van der Waals surface area contributed by atoms with E-state index >= 15 is 0 Å². The normalized spacial score (nSPS) is 12.9. The van der Waals surface area contributed by atoms with Crippen molar-refractivity contribution in [3.05, 3.63) is 57.8 Å². The van der Waals surface area contributed by atoms with Crippen molar-refractivity contribution in [3.63, 3.8) is 0 Å². The largest absolute Gasteiger partial charge is 0.453 e. The Balaban J connectivity index is 1.90. The fraction of sp³-hybridized carbons (Fsp3) is 0.200. The zero-order valence-corrected chi connectivity index (χ0v) is 12.9. The van der Waals surface area contributed by atoms with Gasteiger partial charge in [0, 0.05) is 4.70 Å². The lowest BCUT2D eigenvalue weighted by Gasteiger charge is -2.13. The summed E-state index contributed by atoms with van der Waals surface area (Å²) in [7, 11) is 1.97. The van der Waals surface area contributed by atoms with E-state index in [-0.39, 0.29) is 6.04 Å². The highest BCUT2D eigenvalue weighted by Crippen LogP contribution is 2.30. The highest BCUT2D eigenvalue weighted by atomic mass is 79.9. The number of fused-ring (bicyclic) bond motifs is 1. The number of benzene rings is 1. The Morgan fingerprint density at radius 2 is 2.11 bits per heavy atom. The van der Waals surface area contributed by atoms with Crippen LogP contribution in [0, 0.1) is 0 Å². The highest BCUT2D eigenvalue weighted by Gasteiger charge is 2.16. The van der Waals surface area contributed by atoms with Crippen molar-refractivity contribution in [1.82, 2.24) is 5.32 Å². The van der Waals surface area contributed by atoms with Gasteiger partial charge in [-0.1, -0.05) is 18.2 Å². The molecule has 0 aliphatic heterocycles. The molecule has 0 radical (unpaired) electrons. The van der Waals surface area contributed by atoms with Crippen molar-refractivity contribution < 1.29 is 4.42 Å². The summed E-state index contributed by atoms with van der Waals surface area (Å²) in [5.41, 5.74) is 1.37. The van der Waals surface area contributed by atoms with Crippen molar-refractivity contribution in [2.75, 3.05) is 7.05 Å². The van der Waals surface area contributed by atoms with Gasteiger partial charge in [-0.25, -0.2) is 0 Å². The van der Waals surface area contributed by atoms with Crippen LogP contribution in [-0.2, 0) is 6.42 Å². The van der Waals surface area contributed by atoms with Crippen LogP contribution < -0.4 is 5.32 Å². The fourth-order valence-corrected chi connectivity index (χ4v) is 3.57. The predicted octanol–water partition coefficient (Wildman–Crippen LogP) is 4.76. The Labute approximate surface area is 124 Å². The molecule has 2 nitrogen and oxygen atoms in total. The van der Waals surface area contributed by atoms with Crippen LogP contribution in [0.5, 0.6) is 0 Å². The molecule has 0 bridgehead atoms. The summed E-state index contributed by atoms with van der Waals surface area (Å²) in [4.78, 5) is 0. The number of hydrogen-bond acceptors (Lipinski definition) is 3. The van der Waals surface area contributed by atoms with E-state index in [4.69, 9.17) is 4.42 Å². The summed E-state index contributed by atoms with van der Waals surface area (Å²) in [5, 5.41) is 6.91. The minimum absolute atomic E-state index is 0.198. The van der Waals surface area contributed by atoms with Gasteiger partial charge in [0.25, 0.3) is 0 Å². The lowest BCUT2D eigenvalue weighted by Crippen LogP contribution is -2.18. The first-order valence-corrected chi connectivity index (χ1v) is 7.83. The second kappa shape index (κ2) is 5.49. The van der Waals surface area contributed by atoms with E-state index in [2.05, 4.69) is 50.9 Å². The Morgan fingerprint density at radius 1 is 1.26 bits per heavy atom. The van der Waals surface area contributed by atoms with E-state index in [0.717, 1.165) is 16.9 Å². The van der Waals surface area contributed by atoms with Crippen LogP contribution in [0.1, 0.15) is 17.4 Å². The first kappa shape index (κ1) is 12.9. The molecule has 0 amide bonds. The SMILES string of the molecule is CNC(Cc1csc2ccccc12)c1ccc(Br)o1. The summed E-state index contributed by atoms with van der Waals surface area (Å²) >= 11 is 5.15. The first-order chi connectivity index (χ1) is 9.28. The molecule has 3 aromatic rings. The maximum absolute atomic E-state index is 5.65. The smallest absolute Gasteiger partial charge is 0.169 e. The molecule has 0 saturated heterocycles. The molecule has 19 heavy (non-hydrogen) atoms. The number of thiophene rings is 1. The van der Waals surface area contributed by atoms with Crippen molar-refractivity contribution in [1.29, 1.82) is 0 Å². The molecular weight excluding hydrogens is 322 g/mol. The molecule has 0 fully saturated rings. The van der Waals surface area contributed by atoms with Crippen LogP contribution in [0.25, 0.3) is 10.1 Å². The fourth-order valence-electron chi connectivity index (χ4n) is 2.27. The van der Waals surface area contributed by atoms with E-state index in [1.54, 1.807) is 11.3 Å². The number of nitrogens with one attached hydrogen (secondary N) is 1. The molecule has 1 unspecified atom stereocenters. The molecule has 0 aliphatic carbocycles. The van der Waals surface area contributed by atoms with E-state index in [1.807, 2.05) is 19.2 Å². The first-order valence-electron chi connectivity index (χ1n) is 6.15. The van der Waals surface area contributed by atoms with Crippen LogP contribution in [0.3, 0.4) is 0 Å². The molecule has 1 atom stereocenters. The molecule has 1 aromatic carbocycles. The van der Waals surface area contributed by atoms with E-state index < -0.39 is 0 Å². The quantitative estimate of drug-likeness (QED) is 0.743. The molecule has 1 N–H and O–H groups in total. The van der Waals surface area contributed by atoms with E-state index in [0.29, 0.717) is 0 Å². The summed E-state index contributed by atoms with van der Waals surface area (Å²) < 4.78 is 7.77. The second-order valence-electron chi connectivity index (χ2n) is 4.44. The monoisotopic (exact) mass is 335 g/mol. The third-order valence-corrected chi connectivity index (χ3v) is 4.71. The number of halogens is 1. The standard InChI is InChI=1S/C15H14BrNOS/c1-17-12(13-6-7-15(16)18-13)8-10-9-19-14-5-3-2-4-11(10)14/h2-7,9,12,17H,8H2,1H3. The summed E-state index contributed by atoms with van der Waals surface area (Å²) in [6, 6.07) is 12.7. The van der Waals surface area contributed by atoms with E-state index in [1.165, 1.54) is 15.6 Å². The number of hydrogen-bond donors (Lipinski definition) is 1. The Bertz CT molecular complexity index is 688. The number of likely N-dealkylation sites (N-methyl/N-ethyl adjacent to an activating group) is 1. The van der Waals surface area contributed by atoms with Crippen molar-refractivity contribution >= 4 is 37.4 Å². The maximum Gasteiger partial charge on any atom is 0.169 e. The molecule has 0 aliphatic rings. The third kappa shape index (κ3) is 2.61. The third-order valence-electron chi connectivity index (χ3n) is 3.27. The van der Waals surface area contributed by atoms with Gasteiger partial charge in [-0.05, 0) is 63.9 Å². The van der Waals surface area contributed by atoms with Gasteiger partial charge in [-0.3, -0.25) is 0 Å². The maximum atomic E-state index is 5.65. The van der Waals surface area contributed by atoms with Crippen LogP contribution in [0.2, 0.25) is 0 Å². The van der Waals surface area contributed by atoms with Gasteiger partial charge >= 0.3 is 0 Å². The molecule has 98 valence electrons. The number of rotatable bonds is 4. The lowest BCUT2D eigenvalue weighted by molar-refractivity contribution is 0.417. The van der Waals surface area contributed by atoms with Crippen LogP contribution in [0.4, 0.5) is 0 Å². The van der Waals surface area contributed by atoms with Gasteiger partial charge < -0.3 is 9.73 Å². The Morgan fingerprint density at radius 3 is 2.84 bits per heavy atom. The average molecular weight is 336 g/mol. The molecule has 4 heteroatoms. The van der Waals surface area contributed by atoms with Gasteiger partial charge in [0.2, 0.25) is 0 Å². The van der Waals surface area contributed by atoms with Crippen LogP contribution in [0.15, 0.2) is 50.9 Å². The molecule has 2 heterocycles. The van der Waals surface area contributed by atoms with Gasteiger partial charge in [-0.15, -0.1) is 11.3 Å².